The zero-order valence-electron chi connectivity index (χ0n) is 9.92. The fourth-order valence-electron chi connectivity index (χ4n) is 1.46. The molecular formula is C11H18O4. The Morgan fingerprint density at radius 2 is 2.00 bits per heavy atom. The van der Waals surface area contributed by atoms with E-state index in [-0.39, 0.29) is 12.1 Å². The van der Waals surface area contributed by atoms with Crippen molar-refractivity contribution in [1.82, 2.24) is 0 Å². The molecule has 86 valence electrons. The lowest BCUT2D eigenvalue weighted by atomic mass is 10.1. The number of methoxy groups -OCH3 is 1. The van der Waals surface area contributed by atoms with Gasteiger partial charge in [-0.05, 0) is 33.3 Å². The lowest BCUT2D eigenvalue weighted by Crippen LogP contribution is -2.23. The molecule has 1 saturated heterocycles. The van der Waals surface area contributed by atoms with Crippen LogP contribution in [0.1, 0.15) is 27.7 Å². The van der Waals surface area contributed by atoms with Crippen LogP contribution in [0.2, 0.25) is 0 Å². The summed E-state index contributed by atoms with van der Waals surface area (Å²) in [5.74, 6) is -0.886. The minimum absolute atomic E-state index is 0.154. The van der Waals surface area contributed by atoms with Crippen LogP contribution in [0.3, 0.4) is 0 Å². The van der Waals surface area contributed by atoms with Crippen molar-refractivity contribution in [3.8, 4) is 0 Å². The predicted molar refractivity (Wildman–Crippen MR) is 55.3 cm³/mol. The van der Waals surface area contributed by atoms with Crippen LogP contribution >= 0.6 is 0 Å². The van der Waals surface area contributed by atoms with Gasteiger partial charge in [0.2, 0.25) is 0 Å². The Bertz CT molecular complexity index is 291. The third-order valence-corrected chi connectivity index (χ3v) is 2.57. The summed E-state index contributed by atoms with van der Waals surface area (Å²) in [6.45, 7) is 7.78. The van der Waals surface area contributed by atoms with Gasteiger partial charge in [0.05, 0.1) is 13.7 Å². The predicted octanol–water partition coefficient (Wildman–Crippen LogP) is 1.65. The first-order valence-corrected chi connectivity index (χ1v) is 4.95. The van der Waals surface area contributed by atoms with Crippen molar-refractivity contribution in [3.63, 3.8) is 0 Å². The van der Waals surface area contributed by atoms with Crippen LogP contribution in [0.4, 0.5) is 0 Å². The van der Waals surface area contributed by atoms with Crippen molar-refractivity contribution in [2.45, 2.75) is 39.6 Å². The summed E-state index contributed by atoms with van der Waals surface area (Å²) in [7, 11) is 1.37. The van der Waals surface area contributed by atoms with E-state index in [9.17, 15) is 4.79 Å². The standard InChI is InChI=1S/C11H18O4/c1-7(8(2)10(12)13-5)9-6-14-11(3,4)15-9/h9H,6H2,1-5H3/b8-7-/t9-/m1/s1. The average Bonchev–Trinajstić information content (AvgIpc) is 2.55. The SMILES string of the molecule is COC(=O)/C(C)=C(/C)[C@H]1COC(C)(C)O1. The number of hydrogen-bond donors (Lipinski definition) is 0. The Hall–Kier alpha value is -0.870. The highest BCUT2D eigenvalue weighted by Crippen LogP contribution is 2.27. The first-order chi connectivity index (χ1) is 6.87. The summed E-state index contributed by atoms with van der Waals surface area (Å²) >= 11 is 0. The molecular weight excluding hydrogens is 196 g/mol. The van der Waals surface area contributed by atoms with Gasteiger partial charge in [0.15, 0.2) is 5.79 Å². The number of carbonyl (C=O) groups excluding carboxylic acids is 1. The molecule has 0 aromatic carbocycles. The molecule has 0 N–H and O–H groups in total. The molecule has 1 aliphatic rings. The lowest BCUT2D eigenvalue weighted by molar-refractivity contribution is -0.138. The van der Waals surface area contributed by atoms with Crippen LogP contribution in [-0.4, -0.2) is 31.6 Å². The summed E-state index contributed by atoms with van der Waals surface area (Å²) in [5.41, 5.74) is 1.45. The van der Waals surface area contributed by atoms with Gasteiger partial charge in [-0.3, -0.25) is 0 Å². The second-order valence-corrected chi connectivity index (χ2v) is 4.12. The molecule has 1 fully saturated rings. The van der Waals surface area contributed by atoms with E-state index in [1.165, 1.54) is 7.11 Å². The lowest BCUT2D eigenvalue weighted by Gasteiger charge is -2.18. The monoisotopic (exact) mass is 214 g/mol. The Labute approximate surface area is 90.2 Å². The summed E-state index contributed by atoms with van der Waals surface area (Å²) < 4.78 is 15.7. The van der Waals surface area contributed by atoms with Crippen LogP contribution < -0.4 is 0 Å². The minimum atomic E-state index is -0.567. The molecule has 4 heteroatoms. The van der Waals surface area contributed by atoms with Crippen molar-refractivity contribution in [2.24, 2.45) is 0 Å². The zero-order chi connectivity index (χ0) is 11.6. The largest absolute Gasteiger partial charge is 0.466 e. The first-order valence-electron chi connectivity index (χ1n) is 4.95. The molecule has 0 aromatic rings. The third kappa shape index (κ3) is 2.79. The van der Waals surface area contributed by atoms with Crippen molar-refractivity contribution in [3.05, 3.63) is 11.1 Å². The molecule has 0 amide bonds. The number of esters is 1. The van der Waals surface area contributed by atoms with Gasteiger partial charge in [0, 0.05) is 5.57 Å². The quantitative estimate of drug-likeness (QED) is 0.518. The number of ether oxygens (including phenoxy) is 3. The Balaban J connectivity index is 2.77. The maximum absolute atomic E-state index is 11.3. The van der Waals surface area contributed by atoms with E-state index >= 15 is 0 Å². The van der Waals surface area contributed by atoms with Crippen LogP contribution in [0, 0.1) is 0 Å². The number of rotatable bonds is 2. The van der Waals surface area contributed by atoms with E-state index in [4.69, 9.17) is 9.47 Å². The van der Waals surface area contributed by atoms with E-state index < -0.39 is 5.79 Å². The van der Waals surface area contributed by atoms with Gasteiger partial charge >= 0.3 is 5.97 Å². The van der Waals surface area contributed by atoms with Crippen molar-refractivity contribution in [1.29, 1.82) is 0 Å². The summed E-state index contributed by atoms with van der Waals surface area (Å²) in [6, 6.07) is 0. The Kier molecular flexibility index (Phi) is 3.52. The summed E-state index contributed by atoms with van der Waals surface area (Å²) in [4.78, 5) is 11.3. The fourth-order valence-corrected chi connectivity index (χ4v) is 1.46. The van der Waals surface area contributed by atoms with Gasteiger partial charge in [-0.2, -0.15) is 0 Å². The van der Waals surface area contributed by atoms with Gasteiger partial charge in [0.25, 0.3) is 0 Å². The van der Waals surface area contributed by atoms with Crippen LogP contribution in [0.5, 0.6) is 0 Å². The number of carbonyl (C=O) groups is 1. The van der Waals surface area contributed by atoms with E-state index in [1.54, 1.807) is 6.92 Å². The highest BCUT2D eigenvalue weighted by Gasteiger charge is 2.34. The fraction of sp³-hybridized carbons (Fsp3) is 0.727. The smallest absolute Gasteiger partial charge is 0.333 e. The summed E-state index contributed by atoms with van der Waals surface area (Å²) in [6.07, 6.45) is -0.154. The zero-order valence-corrected chi connectivity index (χ0v) is 9.92. The van der Waals surface area contributed by atoms with Crippen molar-refractivity contribution in [2.75, 3.05) is 13.7 Å². The summed E-state index contributed by atoms with van der Waals surface area (Å²) in [5, 5.41) is 0. The third-order valence-electron chi connectivity index (χ3n) is 2.57. The van der Waals surface area contributed by atoms with E-state index in [2.05, 4.69) is 4.74 Å². The van der Waals surface area contributed by atoms with Crippen molar-refractivity contribution < 1.29 is 19.0 Å². The van der Waals surface area contributed by atoms with E-state index in [0.29, 0.717) is 12.2 Å². The molecule has 1 atom stereocenters. The second kappa shape index (κ2) is 4.33. The molecule has 1 aliphatic heterocycles. The second-order valence-electron chi connectivity index (χ2n) is 4.12. The van der Waals surface area contributed by atoms with Gasteiger partial charge in [0.1, 0.15) is 6.10 Å². The van der Waals surface area contributed by atoms with Crippen LogP contribution in [-0.2, 0) is 19.0 Å². The van der Waals surface area contributed by atoms with Crippen LogP contribution in [0.15, 0.2) is 11.1 Å². The molecule has 15 heavy (non-hydrogen) atoms. The first kappa shape index (κ1) is 12.2. The van der Waals surface area contributed by atoms with Crippen LogP contribution in [0.25, 0.3) is 0 Å². The van der Waals surface area contributed by atoms with Gasteiger partial charge in [-0.1, -0.05) is 0 Å². The van der Waals surface area contributed by atoms with Crippen molar-refractivity contribution >= 4 is 5.97 Å². The maximum atomic E-state index is 11.3. The molecule has 4 nitrogen and oxygen atoms in total. The molecule has 1 rings (SSSR count). The average molecular weight is 214 g/mol. The number of hydrogen-bond acceptors (Lipinski definition) is 4. The highest BCUT2D eigenvalue weighted by atomic mass is 16.7. The topological polar surface area (TPSA) is 44.8 Å². The van der Waals surface area contributed by atoms with Gasteiger partial charge < -0.3 is 14.2 Å². The Morgan fingerprint density at radius 1 is 1.40 bits per heavy atom. The van der Waals surface area contributed by atoms with Gasteiger partial charge in [-0.15, -0.1) is 0 Å². The van der Waals surface area contributed by atoms with E-state index in [0.717, 1.165) is 5.57 Å². The molecule has 1 heterocycles. The molecule has 0 bridgehead atoms. The Morgan fingerprint density at radius 3 is 2.40 bits per heavy atom. The molecule has 0 unspecified atom stereocenters. The van der Waals surface area contributed by atoms with Gasteiger partial charge in [-0.25, -0.2) is 4.79 Å². The molecule has 0 spiro atoms. The molecule has 0 aliphatic carbocycles. The highest BCUT2D eigenvalue weighted by molar-refractivity contribution is 5.88. The molecule has 0 radical (unpaired) electrons. The maximum Gasteiger partial charge on any atom is 0.333 e. The molecule has 0 saturated carbocycles. The minimum Gasteiger partial charge on any atom is -0.466 e. The van der Waals surface area contributed by atoms with E-state index in [1.807, 2.05) is 20.8 Å². The normalized spacial score (nSPS) is 26.1. The molecule has 0 aromatic heterocycles.